The van der Waals surface area contributed by atoms with E-state index in [-0.39, 0.29) is 11.3 Å². The summed E-state index contributed by atoms with van der Waals surface area (Å²) in [5, 5.41) is 10.7. The number of benzene rings is 2. The molecule has 0 aliphatic heterocycles. The lowest BCUT2D eigenvalue weighted by atomic mass is 10.0. The number of rotatable bonds is 3. The minimum Gasteiger partial charge on any atom is -0.298 e. The van der Waals surface area contributed by atoms with E-state index in [0.717, 1.165) is 5.56 Å². The van der Waals surface area contributed by atoms with Gasteiger partial charge in [-0.25, -0.2) is 4.39 Å². The van der Waals surface area contributed by atoms with Crippen LogP contribution < -0.4 is 0 Å². The zero-order valence-corrected chi connectivity index (χ0v) is 10.1. The molecule has 2 rings (SSSR count). The van der Waals surface area contributed by atoms with Gasteiger partial charge in [-0.3, -0.25) is 14.9 Å². The predicted molar refractivity (Wildman–Crippen MR) is 68.6 cm³/mol. The lowest BCUT2D eigenvalue weighted by molar-refractivity contribution is -0.385. The van der Waals surface area contributed by atoms with Crippen LogP contribution in [0.15, 0.2) is 36.4 Å². The van der Waals surface area contributed by atoms with Gasteiger partial charge in [-0.1, -0.05) is 11.6 Å². The predicted octanol–water partition coefficient (Wildman–Crippen LogP) is 3.52. The second-order valence-electron chi connectivity index (χ2n) is 4.13. The van der Waals surface area contributed by atoms with Crippen molar-refractivity contribution < 1.29 is 14.1 Å². The van der Waals surface area contributed by atoms with Gasteiger partial charge in [-0.05, 0) is 36.8 Å². The fraction of sp³-hybridized carbons (Fsp3) is 0.0714. The van der Waals surface area contributed by atoms with Gasteiger partial charge in [0.25, 0.3) is 5.69 Å². The molecule has 4 nitrogen and oxygen atoms in total. The maximum atomic E-state index is 13.7. The molecule has 0 N–H and O–H groups in total. The molecule has 0 radical (unpaired) electrons. The molecule has 19 heavy (non-hydrogen) atoms. The molecule has 0 aliphatic carbocycles. The third-order valence-corrected chi connectivity index (χ3v) is 2.78. The standard InChI is InChI=1S/C14H10FNO3/c1-9-2-4-13(15)12(6-9)10-3-5-14(16(18)19)11(7-10)8-17/h2-8H,1H3. The van der Waals surface area contributed by atoms with E-state index in [1.54, 1.807) is 12.1 Å². The Morgan fingerprint density at radius 1 is 1.21 bits per heavy atom. The Hall–Kier alpha value is -2.56. The molecule has 2 aromatic rings. The Kier molecular flexibility index (Phi) is 3.37. The highest BCUT2D eigenvalue weighted by atomic mass is 19.1. The van der Waals surface area contributed by atoms with Gasteiger partial charge in [0.15, 0.2) is 6.29 Å². The highest BCUT2D eigenvalue weighted by Crippen LogP contribution is 2.28. The molecular weight excluding hydrogens is 249 g/mol. The molecule has 5 heteroatoms. The molecule has 0 heterocycles. The Labute approximate surface area is 108 Å². The molecule has 0 bridgehead atoms. The van der Waals surface area contributed by atoms with Gasteiger partial charge in [0.1, 0.15) is 5.82 Å². The van der Waals surface area contributed by atoms with Crippen LogP contribution in [0, 0.1) is 22.9 Å². The van der Waals surface area contributed by atoms with Crippen molar-refractivity contribution in [3.8, 4) is 11.1 Å². The van der Waals surface area contributed by atoms with E-state index >= 15 is 0 Å². The first-order chi connectivity index (χ1) is 9.02. The number of nitrogens with zero attached hydrogens (tertiary/aromatic N) is 1. The highest BCUT2D eigenvalue weighted by molar-refractivity contribution is 5.84. The number of carbonyl (C=O) groups is 1. The van der Waals surface area contributed by atoms with Crippen molar-refractivity contribution in [3.63, 3.8) is 0 Å². The van der Waals surface area contributed by atoms with Crippen LogP contribution in [0.25, 0.3) is 11.1 Å². The van der Waals surface area contributed by atoms with Gasteiger partial charge in [0.2, 0.25) is 0 Å². The minimum absolute atomic E-state index is 0.0663. The van der Waals surface area contributed by atoms with Crippen molar-refractivity contribution >= 4 is 12.0 Å². The number of nitro groups is 1. The first-order valence-electron chi connectivity index (χ1n) is 5.53. The molecule has 0 atom stereocenters. The fourth-order valence-electron chi connectivity index (χ4n) is 1.84. The number of halogens is 1. The summed E-state index contributed by atoms with van der Waals surface area (Å²) in [5.74, 6) is -0.434. The molecule has 0 unspecified atom stereocenters. The van der Waals surface area contributed by atoms with E-state index in [9.17, 15) is 19.3 Å². The first kappa shape index (κ1) is 12.9. The fourth-order valence-corrected chi connectivity index (χ4v) is 1.84. The van der Waals surface area contributed by atoms with Gasteiger partial charge < -0.3 is 0 Å². The van der Waals surface area contributed by atoms with Gasteiger partial charge in [-0.2, -0.15) is 0 Å². The smallest absolute Gasteiger partial charge is 0.279 e. The van der Waals surface area contributed by atoms with Crippen molar-refractivity contribution in [1.29, 1.82) is 0 Å². The Morgan fingerprint density at radius 2 is 1.95 bits per heavy atom. The summed E-state index contributed by atoms with van der Waals surface area (Å²) < 4.78 is 13.7. The van der Waals surface area contributed by atoms with E-state index in [1.165, 1.54) is 24.3 Å². The highest BCUT2D eigenvalue weighted by Gasteiger charge is 2.15. The minimum atomic E-state index is -0.639. The maximum Gasteiger partial charge on any atom is 0.279 e. The van der Waals surface area contributed by atoms with Crippen LogP contribution in [0.1, 0.15) is 15.9 Å². The number of hydrogen-bond acceptors (Lipinski definition) is 3. The molecule has 96 valence electrons. The van der Waals surface area contributed by atoms with Crippen LogP contribution in [-0.2, 0) is 0 Å². The second kappa shape index (κ2) is 4.97. The molecule has 0 saturated heterocycles. The van der Waals surface area contributed by atoms with Gasteiger partial charge in [0.05, 0.1) is 10.5 Å². The molecule has 0 amide bonds. The summed E-state index contributed by atoms with van der Waals surface area (Å²) >= 11 is 0. The largest absolute Gasteiger partial charge is 0.298 e. The zero-order chi connectivity index (χ0) is 14.0. The molecule has 2 aromatic carbocycles. The maximum absolute atomic E-state index is 13.7. The molecule has 0 fully saturated rings. The van der Waals surface area contributed by atoms with Gasteiger partial charge in [-0.15, -0.1) is 0 Å². The Balaban J connectivity index is 2.61. The summed E-state index contributed by atoms with van der Waals surface area (Å²) in [4.78, 5) is 21.0. The monoisotopic (exact) mass is 259 g/mol. The third kappa shape index (κ3) is 2.49. The third-order valence-electron chi connectivity index (χ3n) is 2.78. The number of aryl methyl sites for hydroxylation is 1. The van der Waals surface area contributed by atoms with Crippen LogP contribution in [0.4, 0.5) is 10.1 Å². The topological polar surface area (TPSA) is 60.2 Å². The Bertz CT molecular complexity index is 668. The van der Waals surface area contributed by atoms with Crippen LogP contribution >= 0.6 is 0 Å². The summed E-state index contributed by atoms with van der Waals surface area (Å²) in [6, 6.07) is 8.55. The van der Waals surface area contributed by atoms with E-state index in [4.69, 9.17) is 0 Å². The lowest BCUT2D eigenvalue weighted by Crippen LogP contribution is -1.95. The van der Waals surface area contributed by atoms with Crippen molar-refractivity contribution in [2.45, 2.75) is 6.92 Å². The summed E-state index contributed by atoms with van der Waals surface area (Å²) in [5.41, 5.74) is 1.27. The van der Waals surface area contributed by atoms with Crippen LogP contribution in [0.2, 0.25) is 0 Å². The summed E-state index contributed by atoms with van der Waals surface area (Å²) in [7, 11) is 0. The average Bonchev–Trinajstić information content (AvgIpc) is 2.40. The van der Waals surface area contributed by atoms with Gasteiger partial charge in [0, 0.05) is 11.6 Å². The number of hydrogen-bond donors (Lipinski definition) is 0. The van der Waals surface area contributed by atoms with Gasteiger partial charge >= 0.3 is 0 Å². The molecule has 0 aliphatic rings. The SMILES string of the molecule is Cc1ccc(F)c(-c2ccc([N+](=O)[O-])c(C=O)c2)c1. The molecule has 0 aromatic heterocycles. The van der Waals surface area contributed by atoms with Crippen molar-refractivity contribution in [1.82, 2.24) is 0 Å². The quantitative estimate of drug-likeness (QED) is 0.481. The van der Waals surface area contributed by atoms with E-state index < -0.39 is 10.7 Å². The number of carbonyl (C=O) groups excluding carboxylic acids is 1. The van der Waals surface area contributed by atoms with Crippen molar-refractivity contribution in [2.24, 2.45) is 0 Å². The normalized spacial score (nSPS) is 10.2. The van der Waals surface area contributed by atoms with E-state index in [0.29, 0.717) is 17.4 Å². The van der Waals surface area contributed by atoms with E-state index in [2.05, 4.69) is 0 Å². The second-order valence-corrected chi connectivity index (χ2v) is 4.13. The van der Waals surface area contributed by atoms with Crippen molar-refractivity contribution in [3.05, 3.63) is 63.5 Å². The molecule has 0 saturated carbocycles. The number of aldehydes is 1. The van der Waals surface area contributed by atoms with Crippen LogP contribution in [0.5, 0.6) is 0 Å². The molecular formula is C14H10FNO3. The Morgan fingerprint density at radius 3 is 2.58 bits per heavy atom. The first-order valence-corrected chi connectivity index (χ1v) is 5.53. The van der Waals surface area contributed by atoms with Crippen LogP contribution in [-0.4, -0.2) is 11.2 Å². The van der Waals surface area contributed by atoms with Crippen molar-refractivity contribution in [2.75, 3.05) is 0 Å². The van der Waals surface area contributed by atoms with Crippen LogP contribution in [0.3, 0.4) is 0 Å². The summed E-state index contributed by atoms with van der Waals surface area (Å²) in [6.07, 6.45) is 0.398. The lowest BCUT2D eigenvalue weighted by Gasteiger charge is -2.06. The van der Waals surface area contributed by atoms with E-state index in [1.807, 2.05) is 6.92 Å². The zero-order valence-electron chi connectivity index (χ0n) is 10.1. The summed E-state index contributed by atoms with van der Waals surface area (Å²) in [6.45, 7) is 1.81. The number of nitro benzene ring substituents is 1. The average molecular weight is 259 g/mol. The molecule has 0 spiro atoms.